The first kappa shape index (κ1) is 16.3. The van der Waals surface area contributed by atoms with Gasteiger partial charge in [0, 0.05) is 13.3 Å². The van der Waals surface area contributed by atoms with Crippen molar-refractivity contribution in [1.29, 1.82) is 0 Å². The maximum atomic E-state index is 13.2. The largest absolute Gasteiger partial charge is 0.400 e. The molecule has 0 bridgehead atoms. The number of carbonyl (C=O) groups excluding carboxylic acids is 2. The van der Waals surface area contributed by atoms with Crippen LogP contribution in [-0.4, -0.2) is 36.4 Å². The lowest BCUT2D eigenvalue weighted by molar-refractivity contribution is -0.158. The van der Waals surface area contributed by atoms with Crippen LogP contribution in [0.3, 0.4) is 0 Å². The van der Waals surface area contributed by atoms with Gasteiger partial charge < -0.3 is 15.8 Å². The number of amides is 2. The summed E-state index contributed by atoms with van der Waals surface area (Å²) >= 11 is 5.68. The van der Waals surface area contributed by atoms with Crippen molar-refractivity contribution in [2.75, 3.05) is 13.7 Å². The lowest BCUT2D eigenvalue weighted by Crippen LogP contribution is -2.50. The number of alkyl halides is 2. The second-order valence-electron chi connectivity index (χ2n) is 3.83. The Bertz CT molecular complexity index is 513. The molecule has 1 aromatic heterocycles. The van der Waals surface area contributed by atoms with E-state index in [0.717, 1.165) is 0 Å². The van der Waals surface area contributed by atoms with E-state index in [2.05, 4.69) is 10.7 Å². The minimum absolute atomic E-state index is 0.0963. The number of halogens is 3. The van der Waals surface area contributed by atoms with Gasteiger partial charge in [-0.3, -0.25) is 9.59 Å². The first-order valence-electron chi connectivity index (χ1n) is 5.38. The van der Waals surface area contributed by atoms with Gasteiger partial charge >= 0.3 is 11.8 Å². The van der Waals surface area contributed by atoms with Crippen LogP contribution in [-0.2, 0) is 14.3 Å². The summed E-state index contributed by atoms with van der Waals surface area (Å²) in [6, 6.07) is 1.94. The number of nitrogens with one attached hydrogen (secondary N) is 1. The summed E-state index contributed by atoms with van der Waals surface area (Å²) in [5.74, 6) is -8.14. The van der Waals surface area contributed by atoms with Crippen LogP contribution in [0.2, 0.25) is 5.15 Å². The third kappa shape index (κ3) is 3.84. The van der Waals surface area contributed by atoms with Crippen LogP contribution < -0.4 is 11.1 Å². The standard InChI is InChI=1S/C11H12ClF2N3O3/c1-20-5-7(6-2-3-16-8(12)4-6)17-10(19)11(13,14)9(15)18/h2-4,7H,5H2,1H3,(H2,15,18)(H,17,19)/t7-/m1/s1. The number of hydrogen-bond donors (Lipinski definition) is 2. The number of aromatic nitrogens is 1. The molecule has 1 rings (SSSR count). The molecule has 1 atom stereocenters. The van der Waals surface area contributed by atoms with Crippen LogP contribution in [0.4, 0.5) is 8.78 Å². The fourth-order valence-corrected chi connectivity index (χ4v) is 1.57. The Morgan fingerprint density at radius 2 is 2.25 bits per heavy atom. The molecule has 0 saturated carbocycles. The Hall–Kier alpha value is -1.80. The van der Waals surface area contributed by atoms with E-state index in [1.165, 1.54) is 25.4 Å². The van der Waals surface area contributed by atoms with Gasteiger partial charge in [-0.2, -0.15) is 8.78 Å². The molecule has 0 aliphatic heterocycles. The van der Waals surface area contributed by atoms with Crippen LogP contribution in [0.1, 0.15) is 11.6 Å². The quantitative estimate of drug-likeness (QED) is 0.596. The van der Waals surface area contributed by atoms with Gasteiger partial charge in [-0.1, -0.05) is 11.6 Å². The number of rotatable bonds is 6. The molecule has 0 unspecified atom stereocenters. The van der Waals surface area contributed by atoms with Crippen molar-refractivity contribution in [3.05, 3.63) is 29.0 Å². The van der Waals surface area contributed by atoms with Crippen molar-refractivity contribution in [2.24, 2.45) is 5.73 Å². The Balaban J connectivity index is 2.94. The summed E-state index contributed by atoms with van der Waals surface area (Å²) in [4.78, 5) is 25.7. The van der Waals surface area contributed by atoms with E-state index in [9.17, 15) is 18.4 Å². The molecule has 0 aliphatic carbocycles. The van der Waals surface area contributed by atoms with Gasteiger partial charge in [0.2, 0.25) is 0 Å². The van der Waals surface area contributed by atoms with Gasteiger partial charge in [-0.05, 0) is 17.7 Å². The zero-order chi connectivity index (χ0) is 15.3. The predicted octanol–water partition coefficient (Wildman–Crippen LogP) is 0.659. The fraction of sp³-hybridized carbons (Fsp3) is 0.364. The monoisotopic (exact) mass is 307 g/mol. The first-order valence-corrected chi connectivity index (χ1v) is 5.76. The zero-order valence-corrected chi connectivity index (χ0v) is 11.2. The maximum Gasteiger partial charge on any atom is 0.400 e. The summed E-state index contributed by atoms with van der Waals surface area (Å²) in [6.07, 6.45) is 1.35. The molecule has 1 aromatic rings. The van der Waals surface area contributed by atoms with E-state index in [0.29, 0.717) is 5.56 Å². The van der Waals surface area contributed by atoms with E-state index in [4.69, 9.17) is 16.3 Å². The number of primary amides is 1. The molecule has 1 heterocycles. The summed E-state index contributed by atoms with van der Waals surface area (Å²) in [5, 5.41) is 2.11. The van der Waals surface area contributed by atoms with Gasteiger partial charge in [0.15, 0.2) is 0 Å². The molecule has 0 radical (unpaired) electrons. The lowest BCUT2D eigenvalue weighted by atomic mass is 10.1. The predicted molar refractivity (Wildman–Crippen MR) is 66.1 cm³/mol. The van der Waals surface area contributed by atoms with Crippen LogP contribution in [0.15, 0.2) is 18.3 Å². The molecular weight excluding hydrogens is 296 g/mol. The number of pyridine rings is 1. The van der Waals surface area contributed by atoms with Crippen LogP contribution in [0.5, 0.6) is 0 Å². The average Bonchev–Trinajstić information content (AvgIpc) is 2.37. The van der Waals surface area contributed by atoms with Gasteiger partial charge in [0.25, 0.3) is 5.91 Å². The molecule has 3 N–H and O–H groups in total. The normalized spacial score (nSPS) is 12.8. The number of hydrogen-bond acceptors (Lipinski definition) is 4. The lowest BCUT2D eigenvalue weighted by Gasteiger charge is -2.21. The molecule has 9 heteroatoms. The van der Waals surface area contributed by atoms with Crippen molar-refractivity contribution in [2.45, 2.75) is 12.0 Å². The van der Waals surface area contributed by atoms with Gasteiger partial charge in [0.1, 0.15) is 5.15 Å². The maximum absolute atomic E-state index is 13.2. The summed E-state index contributed by atoms with van der Waals surface area (Å²) < 4.78 is 31.2. The molecule has 6 nitrogen and oxygen atoms in total. The average molecular weight is 308 g/mol. The topological polar surface area (TPSA) is 94.3 Å². The Labute approximate surface area is 118 Å². The highest BCUT2D eigenvalue weighted by Gasteiger charge is 2.46. The fourth-order valence-electron chi connectivity index (χ4n) is 1.38. The van der Waals surface area contributed by atoms with E-state index < -0.39 is 23.8 Å². The molecule has 0 aromatic carbocycles. The third-order valence-corrected chi connectivity index (χ3v) is 2.59. The summed E-state index contributed by atoms with van der Waals surface area (Å²) in [7, 11) is 1.33. The minimum Gasteiger partial charge on any atom is -0.382 e. The minimum atomic E-state index is -4.30. The SMILES string of the molecule is COC[C@@H](NC(=O)C(F)(F)C(N)=O)c1ccnc(Cl)c1. The van der Waals surface area contributed by atoms with E-state index in [-0.39, 0.29) is 11.8 Å². The van der Waals surface area contributed by atoms with E-state index in [1.807, 2.05) is 5.32 Å². The highest BCUT2D eigenvalue weighted by molar-refractivity contribution is 6.29. The number of methoxy groups -OCH3 is 1. The Morgan fingerprint density at radius 3 is 2.75 bits per heavy atom. The van der Waals surface area contributed by atoms with Crippen molar-refractivity contribution >= 4 is 23.4 Å². The molecule has 110 valence electrons. The van der Waals surface area contributed by atoms with Gasteiger partial charge in [-0.25, -0.2) is 4.98 Å². The van der Waals surface area contributed by atoms with Crippen molar-refractivity contribution < 1.29 is 23.1 Å². The van der Waals surface area contributed by atoms with Crippen molar-refractivity contribution in [3.63, 3.8) is 0 Å². The third-order valence-electron chi connectivity index (χ3n) is 2.39. The molecule has 0 spiro atoms. The number of carbonyl (C=O) groups is 2. The summed E-state index contributed by atoms with van der Waals surface area (Å²) in [5.41, 5.74) is 4.87. The highest BCUT2D eigenvalue weighted by Crippen LogP contribution is 2.19. The molecule has 0 aliphatic rings. The number of nitrogens with two attached hydrogens (primary N) is 1. The van der Waals surface area contributed by atoms with E-state index in [1.54, 1.807) is 0 Å². The number of ether oxygens (including phenoxy) is 1. The molecule has 2 amide bonds. The summed E-state index contributed by atoms with van der Waals surface area (Å²) in [6.45, 7) is -0.0963. The zero-order valence-electron chi connectivity index (χ0n) is 10.4. The van der Waals surface area contributed by atoms with Gasteiger partial charge in [0.05, 0.1) is 12.6 Å². The van der Waals surface area contributed by atoms with Crippen LogP contribution in [0, 0.1) is 0 Å². The number of nitrogens with zero attached hydrogens (tertiary/aromatic N) is 1. The van der Waals surface area contributed by atoms with Crippen LogP contribution in [0.25, 0.3) is 0 Å². The van der Waals surface area contributed by atoms with Crippen molar-refractivity contribution in [1.82, 2.24) is 10.3 Å². The first-order chi connectivity index (χ1) is 9.28. The molecule has 0 saturated heterocycles. The second-order valence-corrected chi connectivity index (χ2v) is 4.22. The van der Waals surface area contributed by atoms with Crippen molar-refractivity contribution in [3.8, 4) is 0 Å². The second kappa shape index (κ2) is 6.58. The molecule has 20 heavy (non-hydrogen) atoms. The van der Waals surface area contributed by atoms with Gasteiger partial charge in [-0.15, -0.1) is 0 Å². The smallest absolute Gasteiger partial charge is 0.382 e. The van der Waals surface area contributed by atoms with E-state index >= 15 is 0 Å². The van der Waals surface area contributed by atoms with Crippen LogP contribution >= 0.6 is 11.6 Å². The Morgan fingerprint density at radius 1 is 1.60 bits per heavy atom. The Kier molecular flexibility index (Phi) is 5.34. The molecule has 0 fully saturated rings. The molecular formula is C11H12ClF2N3O3. The highest BCUT2D eigenvalue weighted by atomic mass is 35.5.